The summed E-state index contributed by atoms with van der Waals surface area (Å²) in [4.78, 5) is 11.4. The fraction of sp³-hybridized carbons (Fsp3) is 0.208. The highest BCUT2D eigenvalue weighted by Crippen LogP contribution is 2.46. The van der Waals surface area contributed by atoms with Crippen LogP contribution >= 0.6 is 0 Å². The molecule has 1 aliphatic heterocycles. The van der Waals surface area contributed by atoms with E-state index in [0.29, 0.717) is 40.9 Å². The van der Waals surface area contributed by atoms with Gasteiger partial charge in [-0.2, -0.15) is 10.4 Å². The molecule has 0 saturated heterocycles. The van der Waals surface area contributed by atoms with E-state index in [1.54, 1.807) is 32.2 Å². The Morgan fingerprint density at radius 2 is 2.09 bits per heavy atom. The predicted octanol–water partition coefficient (Wildman–Crippen LogP) is 3.50. The Bertz CT molecular complexity index is 1320. The smallest absolute Gasteiger partial charge is 0.335 e. The molecule has 0 bridgehead atoms. The van der Waals surface area contributed by atoms with E-state index in [4.69, 9.17) is 19.9 Å². The van der Waals surface area contributed by atoms with Gasteiger partial charge in [0.15, 0.2) is 11.5 Å². The SMILES string of the molecule is CCOc1cc(C2C(C#N)=C(N)Oc3c2c(C)nn3-c2cccc(C(=O)O)c2)ccc1OC. The number of hydrogen-bond donors (Lipinski definition) is 2. The van der Waals surface area contributed by atoms with Crippen LogP contribution in [0.3, 0.4) is 0 Å². The topological polar surface area (TPSA) is 133 Å². The number of nitriles is 1. The molecule has 33 heavy (non-hydrogen) atoms. The summed E-state index contributed by atoms with van der Waals surface area (Å²) in [6, 6.07) is 13.9. The maximum atomic E-state index is 11.4. The Hall–Kier alpha value is -4.45. The third-order valence-electron chi connectivity index (χ3n) is 5.39. The number of rotatable bonds is 6. The number of benzene rings is 2. The first-order valence-electron chi connectivity index (χ1n) is 10.2. The number of allylic oxidation sites excluding steroid dienone is 1. The van der Waals surface area contributed by atoms with Crippen LogP contribution in [0.15, 0.2) is 53.9 Å². The molecule has 1 unspecified atom stereocenters. The van der Waals surface area contributed by atoms with E-state index in [9.17, 15) is 15.2 Å². The summed E-state index contributed by atoms with van der Waals surface area (Å²) in [6.07, 6.45) is 0. The number of aromatic nitrogens is 2. The number of nitrogens with two attached hydrogens (primary N) is 1. The van der Waals surface area contributed by atoms with E-state index in [1.807, 2.05) is 19.1 Å². The molecule has 0 radical (unpaired) electrons. The zero-order valence-electron chi connectivity index (χ0n) is 18.3. The molecule has 168 valence electrons. The number of ether oxygens (including phenoxy) is 3. The van der Waals surface area contributed by atoms with Crippen molar-refractivity contribution in [1.82, 2.24) is 9.78 Å². The molecule has 9 nitrogen and oxygen atoms in total. The summed E-state index contributed by atoms with van der Waals surface area (Å²) in [7, 11) is 1.56. The number of aryl methyl sites for hydroxylation is 1. The van der Waals surface area contributed by atoms with E-state index in [0.717, 1.165) is 5.56 Å². The average molecular weight is 446 g/mol. The first-order valence-corrected chi connectivity index (χ1v) is 10.2. The lowest BCUT2D eigenvalue weighted by molar-refractivity contribution is 0.0697. The number of fused-ring (bicyclic) bond motifs is 1. The number of carboxylic acid groups (broad SMARTS) is 1. The maximum absolute atomic E-state index is 11.4. The molecular formula is C24H22N4O5. The van der Waals surface area contributed by atoms with Gasteiger partial charge in [-0.15, -0.1) is 0 Å². The molecule has 9 heteroatoms. The van der Waals surface area contributed by atoms with Crippen molar-refractivity contribution < 1.29 is 24.1 Å². The largest absolute Gasteiger partial charge is 0.493 e. The Balaban J connectivity index is 1.92. The van der Waals surface area contributed by atoms with Gasteiger partial charge < -0.3 is 25.1 Å². The van der Waals surface area contributed by atoms with Gasteiger partial charge in [0.1, 0.15) is 11.6 Å². The third kappa shape index (κ3) is 3.72. The molecule has 3 N–H and O–H groups in total. The van der Waals surface area contributed by atoms with Gasteiger partial charge in [0.25, 0.3) is 0 Å². The highest BCUT2D eigenvalue weighted by atomic mass is 16.5. The summed E-state index contributed by atoms with van der Waals surface area (Å²) >= 11 is 0. The molecule has 0 fully saturated rings. The van der Waals surface area contributed by atoms with Gasteiger partial charge in [-0.1, -0.05) is 12.1 Å². The Kier molecular flexibility index (Phi) is 5.67. The summed E-state index contributed by atoms with van der Waals surface area (Å²) in [6.45, 7) is 4.12. The van der Waals surface area contributed by atoms with E-state index in [2.05, 4.69) is 11.2 Å². The lowest BCUT2D eigenvalue weighted by atomic mass is 9.84. The minimum Gasteiger partial charge on any atom is -0.493 e. The van der Waals surface area contributed by atoms with Crippen molar-refractivity contribution in [2.24, 2.45) is 5.73 Å². The predicted molar refractivity (Wildman–Crippen MR) is 119 cm³/mol. The van der Waals surface area contributed by atoms with Gasteiger partial charge >= 0.3 is 5.97 Å². The van der Waals surface area contributed by atoms with Crippen LogP contribution in [-0.2, 0) is 0 Å². The molecular weight excluding hydrogens is 424 g/mol. The van der Waals surface area contributed by atoms with Crippen LogP contribution < -0.4 is 19.9 Å². The molecule has 0 amide bonds. The zero-order valence-corrected chi connectivity index (χ0v) is 18.3. The first-order chi connectivity index (χ1) is 15.9. The van der Waals surface area contributed by atoms with Crippen LogP contribution in [0.4, 0.5) is 0 Å². The highest BCUT2D eigenvalue weighted by molar-refractivity contribution is 5.88. The van der Waals surface area contributed by atoms with Crippen molar-refractivity contribution in [3.8, 4) is 29.1 Å². The normalized spacial score (nSPS) is 14.8. The van der Waals surface area contributed by atoms with Crippen LogP contribution in [0, 0.1) is 18.3 Å². The summed E-state index contributed by atoms with van der Waals surface area (Å²) in [5.74, 6) is -0.215. The van der Waals surface area contributed by atoms with Crippen molar-refractivity contribution in [2.45, 2.75) is 19.8 Å². The zero-order chi connectivity index (χ0) is 23.7. The van der Waals surface area contributed by atoms with Crippen LogP contribution in [0.2, 0.25) is 0 Å². The van der Waals surface area contributed by atoms with Crippen molar-refractivity contribution in [2.75, 3.05) is 13.7 Å². The monoisotopic (exact) mass is 446 g/mol. The lowest BCUT2D eigenvalue weighted by Crippen LogP contribution is -2.22. The molecule has 1 aromatic heterocycles. The van der Waals surface area contributed by atoms with Crippen LogP contribution in [0.5, 0.6) is 17.4 Å². The molecule has 4 rings (SSSR count). The van der Waals surface area contributed by atoms with Crippen molar-refractivity contribution in [3.63, 3.8) is 0 Å². The molecule has 0 aliphatic carbocycles. The van der Waals surface area contributed by atoms with Crippen LogP contribution in [0.25, 0.3) is 5.69 Å². The minimum absolute atomic E-state index is 0.0423. The van der Waals surface area contributed by atoms with E-state index < -0.39 is 11.9 Å². The third-order valence-corrected chi connectivity index (χ3v) is 5.39. The molecule has 2 heterocycles. The maximum Gasteiger partial charge on any atom is 0.335 e. The van der Waals surface area contributed by atoms with Crippen molar-refractivity contribution in [1.29, 1.82) is 5.26 Å². The van der Waals surface area contributed by atoms with Gasteiger partial charge in [-0.25, -0.2) is 9.48 Å². The second-order valence-electron chi connectivity index (χ2n) is 7.34. The average Bonchev–Trinajstić information content (AvgIpc) is 3.14. The number of hydrogen-bond acceptors (Lipinski definition) is 7. The van der Waals surface area contributed by atoms with Gasteiger partial charge in [-0.3, -0.25) is 0 Å². The minimum atomic E-state index is -1.05. The molecule has 3 aromatic rings. The number of carbonyl (C=O) groups is 1. The lowest BCUT2D eigenvalue weighted by Gasteiger charge is -2.25. The van der Waals surface area contributed by atoms with Crippen molar-refractivity contribution >= 4 is 5.97 Å². The van der Waals surface area contributed by atoms with Crippen LogP contribution in [-0.4, -0.2) is 34.6 Å². The molecule has 1 aliphatic rings. The highest BCUT2D eigenvalue weighted by Gasteiger charge is 2.36. The number of methoxy groups -OCH3 is 1. The summed E-state index contributed by atoms with van der Waals surface area (Å²) < 4.78 is 18.5. The van der Waals surface area contributed by atoms with Gasteiger partial charge in [0.05, 0.1) is 42.1 Å². The summed E-state index contributed by atoms with van der Waals surface area (Å²) in [5.41, 5.74) is 9.05. The first kappa shape index (κ1) is 21.8. The molecule has 1 atom stereocenters. The fourth-order valence-corrected chi connectivity index (χ4v) is 3.93. The Labute approximate surface area is 190 Å². The molecule has 0 saturated carbocycles. The van der Waals surface area contributed by atoms with Crippen molar-refractivity contribution in [3.05, 3.63) is 76.3 Å². The van der Waals surface area contributed by atoms with E-state index >= 15 is 0 Å². The Morgan fingerprint density at radius 1 is 1.30 bits per heavy atom. The van der Waals surface area contributed by atoms with E-state index in [1.165, 1.54) is 16.8 Å². The number of nitrogens with zero attached hydrogens (tertiary/aromatic N) is 3. The number of carboxylic acids is 1. The fourth-order valence-electron chi connectivity index (χ4n) is 3.93. The standard InChI is InChI=1S/C24H22N4O5/c1-4-32-19-11-14(8-9-18(19)31-3)21-17(12-25)22(26)33-23-20(21)13(2)27-28(23)16-7-5-6-15(10-16)24(29)30/h5-11,21H,4,26H2,1-3H3,(H,29,30). The summed E-state index contributed by atoms with van der Waals surface area (Å²) in [5, 5.41) is 23.8. The second-order valence-corrected chi connectivity index (χ2v) is 7.34. The van der Waals surface area contributed by atoms with Gasteiger partial charge in [-0.05, 0) is 49.7 Å². The van der Waals surface area contributed by atoms with Gasteiger partial charge in [0.2, 0.25) is 11.8 Å². The molecule has 2 aromatic carbocycles. The number of aromatic carboxylic acids is 1. The van der Waals surface area contributed by atoms with E-state index in [-0.39, 0.29) is 17.0 Å². The second kappa shape index (κ2) is 8.59. The Morgan fingerprint density at radius 3 is 2.76 bits per heavy atom. The van der Waals surface area contributed by atoms with Crippen LogP contribution in [0.1, 0.15) is 40.0 Å². The quantitative estimate of drug-likeness (QED) is 0.588. The van der Waals surface area contributed by atoms with Gasteiger partial charge in [0, 0.05) is 0 Å². The molecule has 0 spiro atoms.